The third-order valence-corrected chi connectivity index (χ3v) is 4.98. The van der Waals surface area contributed by atoms with E-state index in [0.29, 0.717) is 6.04 Å². The highest BCUT2D eigenvalue weighted by Gasteiger charge is 2.26. The van der Waals surface area contributed by atoms with Gasteiger partial charge in [0.1, 0.15) is 0 Å². The van der Waals surface area contributed by atoms with Crippen LogP contribution in [0.3, 0.4) is 0 Å². The predicted octanol–water partition coefficient (Wildman–Crippen LogP) is 4.15. The van der Waals surface area contributed by atoms with Crippen LogP contribution < -0.4 is 5.32 Å². The van der Waals surface area contributed by atoms with Crippen molar-refractivity contribution in [3.05, 3.63) is 42.1 Å². The van der Waals surface area contributed by atoms with Crippen molar-refractivity contribution in [1.82, 2.24) is 10.3 Å². The zero-order chi connectivity index (χ0) is 13.9. The number of para-hydroxylation sites is 1. The number of benzene rings is 1. The van der Waals surface area contributed by atoms with Crippen molar-refractivity contribution in [1.29, 1.82) is 0 Å². The Hall–Kier alpha value is -1.41. The molecule has 1 aliphatic carbocycles. The molecule has 1 aromatic heterocycles. The lowest BCUT2D eigenvalue weighted by Crippen LogP contribution is -2.40. The first-order valence-corrected chi connectivity index (χ1v) is 7.81. The lowest BCUT2D eigenvalue weighted by atomic mass is 9.78. The first-order valence-electron chi connectivity index (χ1n) is 7.81. The highest BCUT2D eigenvalue weighted by molar-refractivity contribution is 5.81. The first kappa shape index (κ1) is 13.6. The quantitative estimate of drug-likeness (QED) is 0.904. The van der Waals surface area contributed by atoms with E-state index < -0.39 is 0 Å². The Morgan fingerprint density at radius 2 is 2.00 bits per heavy atom. The molecule has 2 aromatic rings. The summed E-state index contributed by atoms with van der Waals surface area (Å²) in [5, 5.41) is 5.00. The topological polar surface area (TPSA) is 24.9 Å². The molecule has 0 aliphatic heterocycles. The van der Waals surface area contributed by atoms with E-state index in [1.165, 1.54) is 30.2 Å². The largest absolute Gasteiger partial charge is 0.310 e. The summed E-state index contributed by atoms with van der Waals surface area (Å²) in [5.74, 6) is 1.61. The number of fused-ring (bicyclic) bond motifs is 1. The molecule has 2 nitrogen and oxygen atoms in total. The van der Waals surface area contributed by atoms with Crippen LogP contribution in [0.25, 0.3) is 10.9 Å². The molecule has 2 heteroatoms. The SMILES string of the molecule is CC1CCCC(NCc2cccc3cccnc23)C1C. The predicted molar refractivity (Wildman–Crippen MR) is 84.5 cm³/mol. The Morgan fingerprint density at radius 3 is 2.90 bits per heavy atom. The normalized spacial score (nSPS) is 26.8. The van der Waals surface area contributed by atoms with Crippen molar-refractivity contribution in [3.8, 4) is 0 Å². The van der Waals surface area contributed by atoms with Gasteiger partial charge in [-0.05, 0) is 29.9 Å². The van der Waals surface area contributed by atoms with Gasteiger partial charge < -0.3 is 5.32 Å². The Morgan fingerprint density at radius 1 is 1.15 bits per heavy atom. The van der Waals surface area contributed by atoms with Gasteiger partial charge in [-0.2, -0.15) is 0 Å². The molecule has 0 saturated heterocycles. The molecule has 0 spiro atoms. The number of hydrogen-bond acceptors (Lipinski definition) is 2. The standard InChI is InChI=1S/C18H24N2/c1-13-6-3-10-17(14(13)2)20-12-16-8-4-7-15-9-5-11-19-18(15)16/h4-5,7-9,11,13-14,17,20H,3,6,10,12H2,1-2H3. The van der Waals surface area contributed by atoms with Crippen molar-refractivity contribution in [3.63, 3.8) is 0 Å². The minimum absolute atomic E-state index is 0.651. The minimum Gasteiger partial charge on any atom is -0.310 e. The van der Waals surface area contributed by atoms with Crippen LogP contribution >= 0.6 is 0 Å². The van der Waals surface area contributed by atoms with E-state index in [2.05, 4.69) is 48.4 Å². The number of nitrogens with zero attached hydrogens (tertiary/aromatic N) is 1. The van der Waals surface area contributed by atoms with Gasteiger partial charge >= 0.3 is 0 Å². The molecule has 3 atom stereocenters. The smallest absolute Gasteiger partial charge is 0.0746 e. The number of hydrogen-bond donors (Lipinski definition) is 1. The molecule has 1 aromatic carbocycles. The first-order chi connectivity index (χ1) is 9.75. The molecule has 0 amide bonds. The monoisotopic (exact) mass is 268 g/mol. The Balaban J connectivity index is 1.74. The van der Waals surface area contributed by atoms with E-state index in [1.54, 1.807) is 0 Å². The second-order valence-corrected chi connectivity index (χ2v) is 6.25. The lowest BCUT2D eigenvalue weighted by Gasteiger charge is -2.34. The van der Waals surface area contributed by atoms with Gasteiger partial charge in [0.15, 0.2) is 0 Å². The molecule has 0 radical (unpaired) electrons. The van der Waals surface area contributed by atoms with E-state index in [-0.39, 0.29) is 0 Å². The van der Waals surface area contributed by atoms with Crippen LogP contribution in [0.15, 0.2) is 36.5 Å². The maximum Gasteiger partial charge on any atom is 0.0746 e. The van der Waals surface area contributed by atoms with E-state index in [4.69, 9.17) is 0 Å². The van der Waals surface area contributed by atoms with Gasteiger partial charge in [0.2, 0.25) is 0 Å². The van der Waals surface area contributed by atoms with Gasteiger partial charge in [0.25, 0.3) is 0 Å². The molecule has 1 aliphatic rings. The second kappa shape index (κ2) is 5.92. The molecule has 106 valence electrons. The Kier molecular flexibility index (Phi) is 4.02. The zero-order valence-electron chi connectivity index (χ0n) is 12.5. The van der Waals surface area contributed by atoms with Crippen LogP contribution in [0, 0.1) is 11.8 Å². The summed E-state index contributed by atoms with van der Waals surface area (Å²) in [6, 6.07) is 11.3. The van der Waals surface area contributed by atoms with E-state index in [0.717, 1.165) is 23.9 Å². The molecule has 1 fully saturated rings. The van der Waals surface area contributed by atoms with Gasteiger partial charge in [-0.3, -0.25) is 4.98 Å². The van der Waals surface area contributed by atoms with Gasteiger partial charge in [0.05, 0.1) is 5.52 Å². The average Bonchev–Trinajstić information content (AvgIpc) is 2.49. The summed E-state index contributed by atoms with van der Waals surface area (Å²) in [4.78, 5) is 4.54. The van der Waals surface area contributed by atoms with E-state index >= 15 is 0 Å². The summed E-state index contributed by atoms with van der Waals surface area (Å²) >= 11 is 0. The van der Waals surface area contributed by atoms with Crippen molar-refractivity contribution in [2.45, 2.75) is 45.7 Å². The summed E-state index contributed by atoms with van der Waals surface area (Å²) in [6.45, 7) is 5.71. The summed E-state index contributed by atoms with van der Waals surface area (Å²) in [6.07, 6.45) is 5.94. The molecule has 1 N–H and O–H groups in total. The van der Waals surface area contributed by atoms with E-state index in [9.17, 15) is 0 Å². The molecule has 3 rings (SSSR count). The number of rotatable bonds is 3. The maximum absolute atomic E-state index is 4.54. The van der Waals surface area contributed by atoms with Crippen molar-refractivity contribution in [2.75, 3.05) is 0 Å². The van der Waals surface area contributed by atoms with Crippen LogP contribution in [-0.2, 0) is 6.54 Å². The highest BCUT2D eigenvalue weighted by Crippen LogP contribution is 2.29. The molecular weight excluding hydrogens is 244 g/mol. The lowest BCUT2D eigenvalue weighted by molar-refractivity contribution is 0.206. The van der Waals surface area contributed by atoms with Crippen LogP contribution in [0.4, 0.5) is 0 Å². The number of nitrogens with one attached hydrogen (secondary N) is 1. The summed E-state index contributed by atoms with van der Waals surface area (Å²) in [5.41, 5.74) is 2.45. The molecule has 1 saturated carbocycles. The van der Waals surface area contributed by atoms with Gasteiger partial charge in [-0.25, -0.2) is 0 Å². The van der Waals surface area contributed by atoms with E-state index in [1.807, 2.05) is 12.3 Å². The summed E-state index contributed by atoms with van der Waals surface area (Å²) in [7, 11) is 0. The van der Waals surface area contributed by atoms with Gasteiger partial charge in [-0.15, -0.1) is 0 Å². The maximum atomic E-state index is 4.54. The van der Waals surface area contributed by atoms with Crippen LogP contribution in [0.1, 0.15) is 38.7 Å². The molecule has 1 heterocycles. The van der Waals surface area contributed by atoms with Crippen LogP contribution in [0.5, 0.6) is 0 Å². The van der Waals surface area contributed by atoms with Crippen molar-refractivity contribution in [2.24, 2.45) is 11.8 Å². The molecule has 0 bridgehead atoms. The minimum atomic E-state index is 0.651. The fourth-order valence-corrected chi connectivity index (χ4v) is 3.42. The number of aromatic nitrogens is 1. The molecule has 3 unspecified atom stereocenters. The fourth-order valence-electron chi connectivity index (χ4n) is 3.42. The van der Waals surface area contributed by atoms with Crippen LogP contribution in [0.2, 0.25) is 0 Å². The molecule has 20 heavy (non-hydrogen) atoms. The second-order valence-electron chi connectivity index (χ2n) is 6.25. The van der Waals surface area contributed by atoms with Gasteiger partial charge in [-0.1, -0.05) is 51.0 Å². The Labute approximate surface area is 121 Å². The van der Waals surface area contributed by atoms with Gasteiger partial charge in [0, 0.05) is 24.2 Å². The van der Waals surface area contributed by atoms with Crippen molar-refractivity contribution < 1.29 is 0 Å². The third kappa shape index (κ3) is 2.71. The Bertz CT molecular complexity index is 573. The average molecular weight is 268 g/mol. The molecular formula is C18H24N2. The highest BCUT2D eigenvalue weighted by atomic mass is 14.9. The fraction of sp³-hybridized carbons (Fsp3) is 0.500. The zero-order valence-corrected chi connectivity index (χ0v) is 12.5. The number of pyridine rings is 1. The third-order valence-electron chi connectivity index (χ3n) is 4.98. The van der Waals surface area contributed by atoms with Crippen LogP contribution in [-0.4, -0.2) is 11.0 Å². The van der Waals surface area contributed by atoms with Crippen molar-refractivity contribution >= 4 is 10.9 Å². The summed E-state index contributed by atoms with van der Waals surface area (Å²) < 4.78 is 0.